The van der Waals surface area contributed by atoms with Crippen LogP contribution < -0.4 is 10.5 Å². The molecule has 0 saturated carbocycles. The lowest BCUT2D eigenvalue weighted by Crippen LogP contribution is -2.09. The van der Waals surface area contributed by atoms with Crippen molar-refractivity contribution in [1.82, 2.24) is 0 Å². The second kappa shape index (κ2) is 6.03. The molecule has 0 spiro atoms. The van der Waals surface area contributed by atoms with Crippen LogP contribution in [0.15, 0.2) is 48.5 Å². The molecular weight excluding hydrogens is 236 g/mol. The number of hydrogen-bond acceptors (Lipinski definition) is 3. The summed E-state index contributed by atoms with van der Waals surface area (Å²) in [5.41, 5.74) is 7.68. The molecule has 0 aliphatic rings. The quantitative estimate of drug-likeness (QED) is 0.901. The monoisotopic (exact) mass is 252 g/mol. The second-order valence-electron chi connectivity index (χ2n) is 4.29. The molecule has 1 atom stereocenters. The Kier molecular flexibility index (Phi) is 4.17. The average molecular weight is 252 g/mol. The molecule has 0 bridgehead atoms. The van der Waals surface area contributed by atoms with E-state index in [0.717, 1.165) is 17.7 Å². The van der Waals surface area contributed by atoms with Crippen LogP contribution in [-0.2, 0) is 0 Å². The summed E-state index contributed by atoms with van der Waals surface area (Å²) in [6, 6.07) is 16.8. The molecule has 96 valence electrons. The van der Waals surface area contributed by atoms with E-state index in [1.807, 2.05) is 31.2 Å². The van der Waals surface area contributed by atoms with E-state index in [0.29, 0.717) is 11.3 Å². The Bertz CT molecular complexity index is 584. The Morgan fingerprint density at radius 2 is 1.84 bits per heavy atom. The van der Waals surface area contributed by atoms with Crippen molar-refractivity contribution in [1.29, 1.82) is 5.26 Å². The van der Waals surface area contributed by atoms with Crippen molar-refractivity contribution in [2.45, 2.75) is 19.4 Å². The molecule has 0 saturated heterocycles. The van der Waals surface area contributed by atoms with Gasteiger partial charge in [-0.2, -0.15) is 5.26 Å². The molecular formula is C16H16N2O. The van der Waals surface area contributed by atoms with Crippen molar-refractivity contribution in [2.24, 2.45) is 5.73 Å². The van der Waals surface area contributed by atoms with Crippen molar-refractivity contribution in [2.75, 3.05) is 0 Å². The maximum atomic E-state index is 8.76. The Labute approximate surface area is 113 Å². The first-order valence-electron chi connectivity index (χ1n) is 6.27. The predicted octanol–water partition coefficient (Wildman–Crippen LogP) is 3.76. The minimum Gasteiger partial charge on any atom is -0.457 e. The van der Waals surface area contributed by atoms with Crippen molar-refractivity contribution < 1.29 is 4.74 Å². The fourth-order valence-electron chi connectivity index (χ4n) is 1.82. The Balaban J connectivity index is 2.25. The van der Waals surface area contributed by atoms with Crippen LogP contribution in [-0.4, -0.2) is 0 Å². The normalized spacial score (nSPS) is 11.6. The number of nitrogens with zero attached hydrogens (tertiary/aromatic N) is 1. The highest BCUT2D eigenvalue weighted by Crippen LogP contribution is 2.29. The highest BCUT2D eigenvalue weighted by Gasteiger charge is 2.10. The van der Waals surface area contributed by atoms with Gasteiger partial charge in [-0.1, -0.05) is 25.1 Å². The second-order valence-corrected chi connectivity index (χ2v) is 4.29. The van der Waals surface area contributed by atoms with Crippen molar-refractivity contribution in [3.05, 3.63) is 59.7 Å². The van der Waals surface area contributed by atoms with Crippen molar-refractivity contribution >= 4 is 0 Å². The van der Waals surface area contributed by atoms with Gasteiger partial charge in [-0.05, 0) is 36.8 Å². The summed E-state index contributed by atoms with van der Waals surface area (Å²) < 4.78 is 5.84. The Morgan fingerprint density at radius 3 is 2.47 bits per heavy atom. The molecule has 0 aliphatic carbocycles. The van der Waals surface area contributed by atoms with Crippen molar-refractivity contribution in [3.63, 3.8) is 0 Å². The molecule has 3 heteroatoms. The number of rotatable bonds is 4. The van der Waals surface area contributed by atoms with Gasteiger partial charge < -0.3 is 10.5 Å². The largest absolute Gasteiger partial charge is 0.457 e. The molecule has 19 heavy (non-hydrogen) atoms. The Morgan fingerprint density at radius 1 is 1.16 bits per heavy atom. The van der Waals surface area contributed by atoms with E-state index in [9.17, 15) is 0 Å². The van der Waals surface area contributed by atoms with Crippen LogP contribution in [0, 0.1) is 11.3 Å². The van der Waals surface area contributed by atoms with Crippen LogP contribution in [0.3, 0.4) is 0 Å². The zero-order valence-corrected chi connectivity index (χ0v) is 10.8. The minimum atomic E-state index is -0.0328. The first kappa shape index (κ1) is 13.1. The summed E-state index contributed by atoms with van der Waals surface area (Å²) in [6.45, 7) is 2.04. The molecule has 3 nitrogen and oxygen atoms in total. The van der Waals surface area contributed by atoms with Gasteiger partial charge in [0.2, 0.25) is 0 Å². The molecule has 2 aromatic carbocycles. The number of para-hydroxylation sites is 1. The molecule has 0 unspecified atom stereocenters. The van der Waals surface area contributed by atoms with Gasteiger partial charge in [-0.15, -0.1) is 0 Å². The molecule has 0 aromatic heterocycles. The molecule has 0 amide bonds. The van der Waals surface area contributed by atoms with E-state index >= 15 is 0 Å². The van der Waals surface area contributed by atoms with Gasteiger partial charge in [-0.25, -0.2) is 0 Å². The number of ether oxygens (including phenoxy) is 1. The third-order valence-corrected chi connectivity index (χ3v) is 2.97. The summed E-state index contributed by atoms with van der Waals surface area (Å²) in [4.78, 5) is 0. The summed E-state index contributed by atoms with van der Waals surface area (Å²) in [6.07, 6.45) is 0.855. The van der Waals surface area contributed by atoms with Crippen LogP contribution in [0.25, 0.3) is 0 Å². The summed E-state index contributed by atoms with van der Waals surface area (Å²) in [7, 11) is 0. The van der Waals surface area contributed by atoms with Crippen LogP contribution in [0.1, 0.15) is 30.5 Å². The lowest BCUT2D eigenvalue weighted by Gasteiger charge is -2.15. The smallest absolute Gasteiger partial charge is 0.132 e. The highest BCUT2D eigenvalue weighted by atomic mass is 16.5. The van der Waals surface area contributed by atoms with Crippen molar-refractivity contribution in [3.8, 4) is 17.6 Å². The number of nitriles is 1. The molecule has 0 radical (unpaired) electrons. The lowest BCUT2D eigenvalue weighted by molar-refractivity contribution is 0.468. The summed E-state index contributed by atoms with van der Waals surface area (Å²) in [5, 5.41) is 8.76. The van der Waals surface area contributed by atoms with Gasteiger partial charge in [0.1, 0.15) is 11.5 Å². The van der Waals surface area contributed by atoms with E-state index < -0.39 is 0 Å². The molecule has 0 fully saturated rings. The number of hydrogen-bond donors (Lipinski definition) is 1. The zero-order chi connectivity index (χ0) is 13.7. The first-order chi connectivity index (χ1) is 9.24. The van der Waals surface area contributed by atoms with Gasteiger partial charge >= 0.3 is 0 Å². The standard InChI is InChI=1S/C16H16N2O/c1-2-15(18)14-5-3-4-6-16(14)19-13-9-7-12(11-17)8-10-13/h3-10,15H,2,18H2,1H3/t15-/m0/s1. The van der Waals surface area contributed by atoms with Gasteiger partial charge in [0.15, 0.2) is 0 Å². The van der Waals surface area contributed by atoms with Gasteiger partial charge in [0.25, 0.3) is 0 Å². The molecule has 0 aliphatic heterocycles. The Hall–Kier alpha value is -2.31. The minimum absolute atomic E-state index is 0.0328. The number of benzene rings is 2. The van der Waals surface area contributed by atoms with E-state index in [2.05, 4.69) is 6.07 Å². The van der Waals surface area contributed by atoms with Gasteiger partial charge in [0.05, 0.1) is 11.6 Å². The maximum absolute atomic E-state index is 8.76. The highest BCUT2D eigenvalue weighted by molar-refractivity contribution is 5.41. The lowest BCUT2D eigenvalue weighted by atomic mass is 10.0. The fraction of sp³-hybridized carbons (Fsp3) is 0.188. The number of nitrogens with two attached hydrogens (primary N) is 1. The topological polar surface area (TPSA) is 59.0 Å². The fourth-order valence-corrected chi connectivity index (χ4v) is 1.82. The van der Waals surface area contributed by atoms with Gasteiger partial charge in [0, 0.05) is 11.6 Å². The SMILES string of the molecule is CC[C@H](N)c1ccccc1Oc1ccc(C#N)cc1. The van der Waals surface area contributed by atoms with E-state index in [4.69, 9.17) is 15.7 Å². The van der Waals surface area contributed by atoms with Crippen LogP contribution in [0.4, 0.5) is 0 Å². The molecule has 0 heterocycles. The summed E-state index contributed by atoms with van der Waals surface area (Å²) >= 11 is 0. The third-order valence-electron chi connectivity index (χ3n) is 2.97. The van der Waals surface area contributed by atoms with Crippen LogP contribution in [0.2, 0.25) is 0 Å². The van der Waals surface area contributed by atoms with E-state index in [1.54, 1.807) is 24.3 Å². The zero-order valence-electron chi connectivity index (χ0n) is 10.8. The van der Waals surface area contributed by atoms with Gasteiger partial charge in [-0.3, -0.25) is 0 Å². The van der Waals surface area contributed by atoms with Crippen LogP contribution >= 0.6 is 0 Å². The average Bonchev–Trinajstić information content (AvgIpc) is 2.48. The molecule has 2 N–H and O–H groups in total. The first-order valence-corrected chi connectivity index (χ1v) is 6.27. The van der Waals surface area contributed by atoms with E-state index in [-0.39, 0.29) is 6.04 Å². The third kappa shape index (κ3) is 3.12. The predicted molar refractivity (Wildman–Crippen MR) is 74.9 cm³/mol. The maximum Gasteiger partial charge on any atom is 0.132 e. The van der Waals surface area contributed by atoms with E-state index in [1.165, 1.54) is 0 Å². The summed E-state index contributed by atoms with van der Waals surface area (Å²) in [5.74, 6) is 1.47. The molecule has 2 rings (SSSR count). The van der Waals surface area contributed by atoms with Crippen LogP contribution in [0.5, 0.6) is 11.5 Å². The molecule has 2 aromatic rings.